The quantitative estimate of drug-likeness (QED) is 0.817. The van der Waals surface area contributed by atoms with E-state index in [2.05, 4.69) is 6.07 Å². The van der Waals surface area contributed by atoms with Gasteiger partial charge in [-0.05, 0) is 37.0 Å². The number of nitrogens with zero attached hydrogens (tertiary/aromatic N) is 2. The summed E-state index contributed by atoms with van der Waals surface area (Å²) < 4.78 is 39.6. The smallest absolute Gasteiger partial charge is 0.282 e. The average molecular weight is 370 g/mol. The third kappa shape index (κ3) is 3.12. The molecule has 0 aromatic heterocycles. The van der Waals surface area contributed by atoms with Crippen LogP contribution in [-0.4, -0.2) is 55.8 Å². The summed E-state index contributed by atoms with van der Waals surface area (Å²) in [6.45, 7) is 2.77. The molecule has 1 aromatic carbocycles. The van der Waals surface area contributed by atoms with Crippen LogP contribution >= 0.6 is 11.8 Å². The summed E-state index contributed by atoms with van der Waals surface area (Å²) >= 11 is 1.82. The summed E-state index contributed by atoms with van der Waals surface area (Å²) in [5.74, 6) is 2.39. The van der Waals surface area contributed by atoms with Gasteiger partial charge in [-0.3, -0.25) is 0 Å². The molecule has 3 heterocycles. The number of hydrogen-bond acceptors (Lipinski definition) is 5. The highest BCUT2D eigenvalue weighted by atomic mass is 32.2. The fourth-order valence-electron chi connectivity index (χ4n) is 3.44. The molecule has 1 unspecified atom stereocenters. The molecule has 2 saturated heterocycles. The van der Waals surface area contributed by atoms with Crippen LogP contribution in [0.5, 0.6) is 11.5 Å². The Morgan fingerprint density at radius 2 is 1.75 bits per heavy atom. The second kappa shape index (κ2) is 6.74. The largest absolute Gasteiger partial charge is 0.454 e. The fraction of sp³-hybridized carbons (Fsp3) is 0.625. The summed E-state index contributed by atoms with van der Waals surface area (Å²) in [7, 11) is -3.29. The summed E-state index contributed by atoms with van der Waals surface area (Å²) in [5, 5.41) is 0.290. The van der Waals surface area contributed by atoms with Crippen LogP contribution in [0.1, 0.15) is 30.1 Å². The van der Waals surface area contributed by atoms with E-state index in [9.17, 15) is 8.42 Å². The van der Waals surface area contributed by atoms with E-state index in [-0.39, 0.29) is 6.79 Å². The molecule has 0 amide bonds. The van der Waals surface area contributed by atoms with Gasteiger partial charge in [0.25, 0.3) is 10.2 Å². The van der Waals surface area contributed by atoms with E-state index in [4.69, 9.17) is 9.47 Å². The van der Waals surface area contributed by atoms with Crippen LogP contribution in [0, 0.1) is 0 Å². The van der Waals surface area contributed by atoms with Gasteiger partial charge in [-0.1, -0.05) is 6.07 Å². The van der Waals surface area contributed by atoms with Crippen LogP contribution in [0.3, 0.4) is 0 Å². The first-order valence-corrected chi connectivity index (χ1v) is 10.9. The van der Waals surface area contributed by atoms with Crippen molar-refractivity contribution in [1.29, 1.82) is 0 Å². The predicted molar refractivity (Wildman–Crippen MR) is 93.7 cm³/mol. The van der Waals surface area contributed by atoms with E-state index in [1.54, 1.807) is 8.61 Å². The zero-order chi connectivity index (χ0) is 16.6. The number of thioether (sulfide) groups is 1. The van der Waals surface area contributed by atoms with Crippen LogP contribution in [0.2, 0.25) is 0 Å². The highest BCUT2D eigenvalue weighted by molar-refractivity contribution is 7.99. The Bertz CT molecular complexity index is 704. The van der Waals surface area contributed by atoms with E-state index in [0.717, 1.165) is 36.5 Å². The van der Waals surface area contributed by atoms with Gasteiger partial charge in [-0.2, -0.15) is 28.8 Å². The fourth-order valence-corrected chi connectivity index (χ4v) is 6.48. The molecule has 6 nitrogen and oxygen atoms in total. The van der Waals surface area contributed by atoms with Gasteiger partial charge in [0.1, 0.15) is 0 Å². The molecule has 24 heavy (non-hydrogen) atoms. The van der Waals surface area contributed by atoms with Crippen molar-refractivity contribution in [1.82, 2.24) is 8.61 Å². The predicted octanol–water partition coefficient (Wildman–Crippen LogP) is 2.24. The van der Waals surface area contributed by atoms with Crippen LogP contribution in [0.15, 0.2) is 18.2 Å². The van der Waals surface area contributed by atoms with E-state index in [1.807, 2.05) is 23.9 Å². The Balaban J connectivity index is 1.46. The van der Waals surface area contributed by atoms with Gasteiger partial charge in [0.05, 0.1) is 0 Å². The maximum Gasteiger partial charge on any atom is 0.282 e. The lowest BCUT2D eigenvalue weighted by Gasteiger charge is -2.25. The summed E-state index contributed by atoms with van der Waals surface area (Å²) in [4.78, 5) is 0. The molecule has 1 atom stereocenters. The number of hydrogen-bond donors (Lipinski definition) is 0. The lowest BCUT2D eigenvalue weighted by atomic mass is 10.1. The molecule has 0 radical (unpaired) electrons. The van der Waals surface area contributed by atoms with Crippen molar-refractivity contribution in [2.45, 2.75) is 24.5 Å². The van der Waals surface area contributed by atoms with Crippen molar-refractivity contribution in [2.75, 3.05) is 38.7 Å². The lowest BCUT2D eigenvalue weighted by molar-refractivity contribution is 0.174. The summed E-state index contributed by atoms with van der Waals surface area (Å²) in [5.41, 5.74) is 1.18. The Morgan fingerprint density at radius 3 is 2.58 bits per heavy atom. The van der Waals surface area contributed by atoms with Crippen molar-refractivity contribution in [2.24, 2.45) is 0 Å². The van der Waals surface area contributed by atoms with Crippen molar-refractivity contribution in [3.63, 3.8) is 0 Å². The minimum Gasteiger partial charge on any atom is -0.454 e. The van der Waals surface area contributed by atoms with Crippen molar-refractivity contribution < 1.29 is 17.9 Å². The first kappa shape index (κ1) is 16.5. The molecule has 0 bridgehead atoms. The van der Waals surface area contributed by atoms with Crippen molar-refractivity contribution in [3.8, 4) is 11.5 Å². The van der Waals surface area contributed by atoms with Gasteiger partial charge in [-0.15, -0.1) is 0 Å². The van der Waals surface area contributed by atoms with E-state index in [0.29, 0.717) is 31.4 Å². The highest BCUT2D eigenvalue weighted by Crippen LogP contribution is 2.40. The molecule has 0 aliphatic carbocycles. The van der Waals surface area contributed by atoms with Gasteiger partial charge in [0.15, 0.2) is 11.5 Å². The summed E-state index contributed by atoms with van der Waals surface area (Å²) in [6.07, 6.45) is 2.76. The molecule has 0 spiro atoms. The minimum atomic E-state index is -3.29. The van der Waals surface area contributed by atoms with Gasteiger partial charge < -0.3 is 9.47 Å². The standard InChI is InChI=1S/C16H22N2O4S2/c19-24(20,17-6-1-2-7-17)18-8-5-16(23-10-9-18)13-3-4-14-15(11-13)22-12-21-14/h3-4,11,16H,1-2,5-10,12H2. The monoisotopic (exact) mass is 370 g/mol. The number of benzene rings is 1. The van der Waals surface area contributed by atoms with Gasteiger partial charge in [-0.25, -0.2) is 0 Å². The third-order valence-electron chi connectivity index (χ3n) is 4.79. The molecule has 0 N–H and O–H groups in total. The molecule has 4 rings (SSSR count). The Labute approximate surface area is 147 Å². The zero-order valence-electron chi connectivity index (χ0n) is 13.5. The molecule has 2 fully saturated rings. The van der Waals surface area contributed by atoms with E-state index < -0.39 is 10.2 Å². The number of ether oxygens (including phenoxy) is 2. The molecule has 8 heteroatoms. The van der Waals surface area contributed by atoms with Gasteiger partial charge >= 0.3 is 0 Å². The molecule has 3 aliphatic rings. The van der Waals surface area contributed by atoms with Crippen LogP contribution < -0.4 is 9.47 Å². The van der Waals surface area contributed by atoms with Crippen molar-refractivity contribution in [3.05, 3.63) is 23.8 Å². The molecule has 1 aromatic rings. The van der Waals surface area contributed by atoms with Crippen LogP contribution in [0.4, 0.5) is 0 Å². The number of rotatable bonds is 3. The maximum atomic E-state index is 12.7. The van der Waals surface area contributed by atoms with Crippen LogP contribution in [-0.2, 0) is 10.2 Å². The second-order valence-corrected chi connectivity index (χ2v) is 9.51. The van der Waals surface area contributed by atoms with Crippen molar-refractivity contribution >= 4 is 22.0 Å². The third-order valence-corrected chi connectivity index (χ3v) is 8.15. The second-order valence-electron chi connectivity index (χ2n) is 6.27. The molecular weight excluding hydrogens is 348 g/mol. The minimum absolute atomic E-state index is 0.276. The van der Waals surface area contributed by atoms with Gasteiger partial charge in [0, 0.05) is 37.2 Å². The van der Waals surface area contributed by atoms with Crippen LogP contribution in [0.25, 0.3) is 0 Å². The Hall–Kier alpha value is -0.960. The van der Waals surface area contributed by atoms with E-state index >= 15 is 0 Å². The SMILES string of the molecule is O=S(=O)(N1CCCC1)N1CCSC(c2ccc3c(c2)OCO3)CC1. The first-order valence-electron chi connectivity index (χ1n) is 8.41. The Morgan fingerprint density at radius 1 is 1.00 bits per heavy atom. The van der Waals surface area contributed by atoms with Gasteiger partial charge in [0.2, 0.25) is 6.79 Å². The first-order chi connectivity index (χ1) is 11.6. The summed E-state index contributed by atoms with van der Waals surface area (Å²) in [6, 6.07) is 6.04. The zero-order valence-corrected chi connectivity index (χ0v) is 15.2. The highest BCUT2D eigenvalue weighted by Gasteiger charge is 2.33. The number of fused-ring (bicyclic) bond motifs is 1. The average Bonchev–Trinajstić information content (AvgIpc) is 3.21. The Kier molecular flexibility index (Phi) is 4.64. The van der Waals surface area contributed by atoms with E-state index in [1.165, 1.54) is 5.56 Å². The molecular formula is C16H22N2O4S2. The normalized spacial score (nSPS) is 25.8. The topological polar surface area (TPSA) is 59.1 Å². The molecule has 0 saturated carbocycles. The molecule has 132 valence electrons. The molecule has 3 aliphatic heterocycles. The maximum absolute atomic E-state index is 12.7. The lowest BCUT2D eigenvalue weighted by Crippen LogP contribution is -2.43.